The summed E-state index contributed by atoms with van der Waals surface area (Å²) in [7, 11) is 1.62. The smallest absolute Gasteiger partial charge is 0.261 e. The molecule has 1 aliphatic rings. The van der Waals surface area contributed by atoms with E-state index in [1.54, 1.807) is 18.1 Å². The van der Waals surface area contributed by atoms with Crippen molar-refractivity contribution < 1.29 is 18.8 Å². The fourth-order valence-electron chi connectivity index (χ4n) is 3.31. The maximum atomic E-state index is 12.4. The zero-order chi connectivity index (χ0) is 22.5. The molecule has 11 heteroatoms. The van der Waals surface area contributed by atoms with E-state index in [0.717, 1.165) is 15.1 Å². The molecule has 9 nitrogen and oxygen atoms in total. The summed E-state index contributed by atoms with van der Waals surface area (Å²) in [5.74, 6) is 1.50. The van der Waals surface area contributed by atoms with E-state index >= 15 is 0 Å². The van der Waals surface area contributed by atoms with Gasteiger partial charge in [-0.15, -0.1) is 11.3 Å². The van der Waals surface area contributed by atoms with Crippen LogP contribution < -0.4 is 10.1 Å². The Bertz CT molecular complexity index is 1080. The summed E-state index contributed by atoms with van der Waals surface area (Å²) in [4.78, 5) is 33.5. The van der Waals surface area contributed by atoms with Crippen LogP contribution in [0.5, 0.6) is 5.75 Å². The van der Waals surface area contributed by atoms with Gasteiger partial charge in [-0.25, -0.2) is 0 Å². The van der Waals surface area contributed by atoms with E-state index in [1.807, 2.05) is 30.3 Å². The SMILES string of the molecule is COc1ccc(-c2noc(CN3CCN(C(=O)CNC(=O)c4ccc(Br)s4)CC3)n2)cc1. The minimum Gasteiger partial charge on any atom is -0.497 e. The number of hydrogen-bond acceptors (Lipinski definition) is 8. The second-order valence-corrected chi connectivity index (χ2v) is 9.65. The maximum absolute atomic E-state index is 12.4. The minimum atomic E-state index is -0.239. The van der Waals surface area contributed by atoms with Gasteiger partial charge in [0.05, 0.1) is 28.9 Å². The highest BCUT2D eigenvalue weighted by Crippen LogP contribution is 2.22. The summed E-state index contributed by atoms with van der Waals surface area (Å²) in [6, 6.07) is 11.0. The molecule has 0 atom stereocenters. The molecular weight excluding hydrogens is 498 g/mol. The first-order valence-corrected chi connectivity index (χ1v) is 11.6. The molecule has 0 bridgehead atoms. The zero-order valence-corrected chi connectivity index (χ0v) is 19.8. The van der Waals surface area contributed by atoms with Crippen molar-refractivity contribution in [1.29, 1.82) is 0 Å². The number of ether oxygens (including phenoxy) is 1. The number of nitrogens with one attached hydrogen (secondary N) is 1. The zero-order valence-electron chi connectivity index (χ0n) is 17.4. The fourth-order valence-corrected chi connectivity index (χ4v) is 4.62. The molecular formula is C21H22BrN5O4S. The lowest BCUT2D eigenvalue weighted by molar-refractivity contribution is -0.131. The number of thiophene rings is 1. The van der Waals surface area contributed by atoms with Crippen molar-refractivity contribution in [2.24, 2.45) is 0 Å². The number of carbonyl (C=O) groups is 2. The Kier molecular flexibility index (Phi) is 7.18. The normalized spacial score (nSPS) is 14.4. The average molecular weight is 520 g/mol. The lowest BCUT2D eigenvalue weighted by atomic mass is 10.2. The standard InChI is InChI=1S/C21H22BrN5O4S/c1-30-15-4-2-14(3-5-15)20-24-18(31-25-20)13-26-8-10-27(11-9-26)19(28)12-23-21(29)16-6-7-17(22)32-16/h2-7H,8-13H2,1H3,(H,23,29). The first kappa shape index (κ1) is 22.4. The van der Waals surface area contributed by atoms with Crippen molar-refractivity contribution in [1.82, 2.24) is 25.3 Å². The van der Waals surface area contributed by atoms with Crippen LogP contribution in [0.2, 0.25) is 0 Å². The number of benzene rings is 1. The molecule has 1 N–H and O–H groups in total. The molecule has 168 valence electrons. The molecule has 0 radical (unpaired) electrons. The van der Waals surface area contributed by atoms with E-state index in [1.165, 1.54) is 11.3 Å². The summed E-state index contributed by atoms with van der Waals surface area (Å²) < 4.78 is 11.4. The van der Waals surface area contributed by atoms with Gasteiger partial charge in [0.15, 0.2) is 0 Å². The highest BCUT2D eigenvalue weighted by atomic mass is 79.9. The first-order valence-electron chi connectivity index (χ1n) is 10.0. The molecule has 1 aliphatic heterocycles. The Morgan fingerprint density at radius 2 is 1.91 bits per heavy atom. The fraction of sp³-hybridized carbons (Fsp3) is 0.333. The molecule has 1 fully saturated rings. The lowest BCUT2D eigenvalue weighted by Gasteiger charge is -2.34. The maximum Gasteiger partial charge on any atom is 0.261 e. The van der Waals surface area contributed by atoms with Crippen LogP contribution in [0.1, 0.15) is 15.6 Å². The third-order valence-corrected chi connectivity index (χ3v) is 6.72. The van der Waals surface area contributed by atoms with Gasteiger partial charge in [0.2, 0.25) is 17.6 Å². The number of amides is 2. The summed E-state index contributed by atoms with van der Waals surface area (Å²) in [6.45, 7) is 3.06. The predicted octanol–water partition coefficient (Wildman–Crippen LogP) is 2.64. The van der Waals surface area contributed by atoms with Gasteiger partial charge in [-0.2, -0.15) is 4.98 Å². The summed E-state index contributed by atoms with van der Waals surface area (Å²) in [6.07, 6.45) is 0. The number of aromatic nitrogens is 2. The number of nitrogens with zero attached hydrogens (tertiary/aromatic N) is 4. The van der Waals surface area contributed by atoms with Crippen molar-refractivity contribution in [2.75, 3.05) is 39.8 Å². The largest absolute Gasteiger partial charge is 0.497 e. The molecule has 0 saturated carbocycles. The molecule has 4 rings (SSSR count). The van der Waals surface area contributed by atoms with E-state index in [-0.39, 0.29) is 18.4 Å². The number of halogens is 1. The second kappa shape index (κ2) is 10.2. The molecule has 2 aromatic heterocycles. The van der Waals surface area contributed by atoms with Crippen LogP contribution in [-0.2, 0) is 11.3 Å². The second-order valence-electron chi connectivity index (χ2n) is 7.18. The van der Waals surface area contributed by atoms with E-state index in [0.29, 0.717) is 49.3 Å². The van der Waals surface area contributed by atoms with Crippen molar-refractivity contribution in [3.05, 3.63) is 51.0 Å². The molecule has 0 aliphatic carbocycles. The van der Waals surface area contributed by atoms with Crippen molar-refractivity contribution >= 4 is 39.1 Å². The van der Waals surface area contributed by atoms with E-state index in [2.05, 4.69) is 36.3 Å². The summed E-state index contributed by atoms with van der Waals surface area (Å²) in [5.41, 5.74) is 0.855. The van der Waals surface area contributed by atoms with Crippen LogP contribution in [-0.4, -0.2) is 71.6 Å². The van der Waals surface area contributed by atoms with Gasteiger partial charge >= 0.3 is 0 Å². The van der Waals surface area contributed by atoms with Gasteiger partial charge in [0.25, 0.3) is 5.91 Å². The molecule has 0 spiro atoms. The van der Waals surface area contributed by atoms with Crippen LogP contribution >= 0.6 is 27.3 Å². The molecule has 1 aromatic carbocycles. The van der Waals surface area contributed by atoms with Crippen LogP contribution in [0.15, 0.2) is 44.7 Å². The van der Waals surface area contributed by atoms with Gasteiger partial charge in [0.1, 0.15) is 5.75 Å². The number of rotatable bonds is 7. The van der Waals surface area contributed by atoms with E-state index in [9.17, 15) is 9.59 Å². The van der Waals surface area contributed by atoms with E-state index < -0.39 is 0 Å². The molecule has 1 saturated heterocycles. The van der Waals surface area contributed by atoms with Gasteiger partial charge in [0, 0.05) is 31.7 Å². The quantitative estimate of drug-likeness (QED) is 0.511. The molecule has 32 heavy (non-hydrogen) atoms. The lowest BCUT2D eigenvalue weighted by Crippen LogP contribution is -2.50. The predicted molar refractivity (Wildman–Crippen MR) is 122 cm³/mol. The highest BCUT2D eigenvalue weighted by Gasteiger charge is 2.23. The topological polar surface area (TPSA) is 101 Å². The number of piperazine rings is 1. The number of hydrogen-bond donors (Lipinski definition) is 1. The third kappa shape index (κ3) is 5.53. The minimum absolute atomic E-state index is 0.0107. The molecule has 3 aromatic rings. The molecule has 2 amide bonds. The van der Waals surface area contributed by atoms with Gasteiger partial charge in [-0.1, -0.05) is 5.16 Å². The molecule has 0 unspecified atom stereocenters. The average Bonchev–Trinajstić information content (AvgIpc) is 3.47. The van der Waals surface area contributed by atoms with Crippen LogP contribution in [0, 0.1) is 0 Å². The van der Waals surface area contributed by atoms with Crippen LogP contribution in [0.4, 0.5) is 0 Å². The Morgan fingerprint density at radius 3 is 2.56 bits per heavy atom. The Balaban J connectivity index is 1.23. The summed E-state index contributed by atoms with van der Waals surface area (Å²) >= 11 is 4.66. The third-order valence-electron chi connectivity index (χ3n) is 5.10. The molecule has 3 heterocycles. The monoisotopic (exact) mass is 519 g/mol. The van der Waals surface area contributed by atoms with Crippen molar-refractivity contribution in [3.63, 3.8) is 0 Å². The Morgan fingerprint density at radius 1 is 1.16 bits per heavy atom. The van der Waals surface area contributed by atoms with Gasteiger partial charge in [-0.3, -0.25) is 14.5 Å². The van der Waals surface area contributed by atoms with Crippen LogP contribution in [0.3, 0.4) is 0 Å². The van der Waals surface area contributed by atoms with Gasteiger partial charge in [-0.05, 0) is 52.3 Å². The number of methoxy groups -OCH3 is 1. The van der Waals surface area contributed by atoms with Gasteiger partial charge < -0.3 is 19.5 Å². The Labute approximate surface area is 197 Å². The Hall–Kier alpha value is -2.76. The van der Waals surface area contributed by atoms with Crippen LogP contribution in [0.25, 0.3) is 11.4 Å². The highest BCUT2D eigenvalue weighted by molar-refractivity contribution is 9.11. The summed E-state index contributed by atoms with van der Waals surface area (Å²) in [5, 5.41) is 6.75. The van der Waals surface area contributed by atoms with Crippen molar-refractivity contribution in [3.8, 4) is 17.1 Å². The number of carbonyl (C=O) groups excluding carboxylic acids is 2. The first-order chi connectivity index (χ1) is 15.5. The van der Waals surface area contributed by atoms with E-state index in [4.69, 9.17) is 9.26 Å². The van der Waals surface area contributed by atoms with Crippen molar-refractivity contribution in [2.45, 2.75) is 6.54 Å².